The van der Waals surface area contributed by atoms with E-state index in [-0.39, 0.29) is 11.9 Å². The van der Waals surface area contributed by atoms with Gasteiger partial charge in [-0.2, -0.15) is 0 Å². The Morgan fingerprint density at radius 2 is 0.868 bits per heavy atom. The Kier molecular flexibility index (Phi) is 26.7. The van der Waals surface area contributed by atoms with E-state index in [0.717, 1.165) is 44.9 Å². The lowest BCUT2D eigenvalue weighted by atomic mass is 9.93. The second-order valence-corrected chi connectivity index (χ2v) is 12.5. The molecule has 0 saturated carbocycles. The average Bonchev–Trinajstić information content (AvgIpc) is 2.88. The molecule has 0 saturated heterocycles. The quantitative estimate of drug-likeness (QED) is 0.0734. The molecule has 1 unspecified atom stereocenters. The smallest absolute Gasteiger partial charge is 0.305 e. The molecule has 0 aliphatic heterocycles. The first-order valence-electron chi connectivity index (χ1n) is 16.7. The number of rotatable bonds is 28. The number of esters is 2. The summed E-state index contributed by atoms with van der Waals surface area (Å²) in [5, 5.41) is 0. The van der Waals surface area contributed by atoms with Crippen LogP contribution >= 0.6 is 0 Å². The largest absolute Gasteiger partial charge is 0.466 e. The van der Waals surface area contributed by atoms with Crippen molar-refractivity contribution in [3.63, 3.8) is 0 Å². The molecule has 0 amide bonds. The van der Waals surface area contributed by atoms with Crippen molar-refractivity contribution in [3.05, 3.63) is 0 Å². The van der Waals surface area contributed by atoms with Gasteiger partial charge in [0.25, 0.3) is 0 Å². The minimum atomic E-state index is -0.0104. The number of carbonyl (C=O) groups is 2. The molecule has 0 aromatic heterocycles. The van der Waals surface area contributed by atoms with Crippen LogP contribution in [0.15, 0.2) is 0 Å². The first-order chi connectivity index (χ1) is 18.3. The van der Waals surface area contributed by atoms with Crippen molar-refractivity contribution >= 4 is 11.9 Å². The van der Waals surface area contributed by atoms with Gasteiger partial charge >= 0.3 is 11.9 Å². The average molecular weight is 539 g/mol. The molecular formula is C34H66O4. The van der Waals surface area contributed by atoms with Crippen LogP contribution in [0.4, 0.5) is 0 Å². The van der Waals surface area contributed by atoms with Crippen LogP contribution in [-0.2, 0) is 19.1 Å². The van der Waals surface area contributed by atoms with Crippen molar-refractivity contribution in [2.75, 3.05) is 13.2 Å². The van der Waals surface area contributed by atoms with Crippen LogP contribution in [0.3, 0.4) is 0 Å². The fourth-order valence-electron chi connectivity index (χ4n) is 5.02. The van der Waals surface area contributed by atoms with E-state index >= 15 is 0 Å². The number of carbonyl (C=O) groups excluding carboxylic acids is 2. The maximum absolute atomic E-state index is 11.9. The molecule has 0 heterocycles. The third kappa shape index (κ3) is 28.0. The van der Waals surface area contributed by atoms with Gasteiger partial charge in [0, 0.05) is 12.8 Å². The predicted molar refractivity (Wildman–Crippen MR) is 162 cm³/mol. The van der Waals surface area contributed by atoms with Crippen LogP contribution in [0.25, 0.3) is 0 Å². The van der Waals surface area contributed by atoms with Crippen molar-refractivity contribution in [1.82, 2.24) is 0 Å². The molecule has 0 rings (SSSR count). The van der Waals surface area contributed by atoms with Gasteiger partial charge in [0.15, 0.2) is 0 Å². The summed E-state index contributed by atoms with van der Waals surface area (Å²) >= 11 is 0. The van der Waals surface area contributed by atoms with E-state index < -0.39 is 0 Å². The maximum Gasteiger partial charge on any atom is 0.305 e. The summed E-state index contributed by atoms with van der Waals surface area (Å²) in [6.07, 6.45) is 25.7. The Morgan fingerprint density at radius 3 is 1.29 bits per heavy atom. The Morgan fingerprint density at radius 1 is 0.474 bits per heavy atom. The van der Waals surface area contributed by atoms with Gasteiger partial charge in [-0.15, -0.1) is 0 Å². The molecule has 0 aliphatic rings. The van der Waals surface area contributed by atoms with E-state index in [2.05, 4.69) is 34.6 Å². The highest BCUT2D eigenvalue weighted by atomic mass is 16.5. The molecule has 0 fully saturated rings. The fraction of sp³-hybridized carbons (Fsp3) is 0.941. The van der Waals surface area contributed by atoms with Gasteiger partial charge in [-0.25, -0.2) is 0 Å². The Bertz CT molecular complexity index is 529. The fourth-order valence-corrected chi connectivity index (χ4v) is 5.02. The van der Waals surface area contributed by atoms with Crippen molar-refractivity contribution in [1.29, 1.82) is 0 Å². The van der Waals surface area contributed by atoms with Crippen molar-refractivity contribution in [2.45, 2.75) is 176 Å². The highest BCUT2D eigenvalue weighted by Gasteiger charge is 2.11. The van der Waals surface area contributed by atoms with E-state index in [4.69, 9.17) is 9.47 Å². The molecule has 0 aliphatic carbocycles. The van der Waals surface area contributed by atoms with Gasteiger partial charge in [0.05, 0.1) is 13.2 Å². The lowest BCUT2D eigenvalue weighted by Crippen LogP contribution is -2.09. The normalized spacial score (nSPS) is 12.3. The summed E-state index contributed by atoms with van der Waals surface area (Å²) in [5.41, 5.74) is 0. The Labute approximate surface area is 237 Å². The maximum atomic E-state index is 11.9. The number of hydrogen-bond donors (Lipinski definition) is 0. The van der Waals surface area contributed by atoms with E-state index in [0.29, 0.717) is 43.8 Å². The molecule has 0 bridgehead atoms. The minimum Gasteiger partial charge on any atom is -0.466 e. The van der Waals surface area contributed by atoms with Crippen LogP contribution in [0.5, 0.6) is 0 Å². The summed E-state index contributed by atoms with van der Waals surface area (Å²) in [7, 11) is 0. The van der Waals surface area contributed by atoms with Gasteiger partial charge in [-0.3, -0.25) is 9.59 Å². The van der Waals surface area contributed by atoms with Crippen LogP contribution in [0, 0.1) is 17.8 Å². The third-order valence-corrected chi connectivity index (χ3v) is 7.71. The van der Waals surface area contributed by atoms with Crippen molar-refractivity contribution < 1.29 is 19.1 Å². The first kappa shape index (κ1) is 36.9. The molecule has 0 aromatic carbocycles. The van der Waals surface area contributed by atoms with E-state index in [9.17, 15) is 9.59 Å². The molecular weight excluding hydrogens is 472 g/mol. The van der Waals surface area contributed by atoms with Crippen LogP contribution in [0.1, 0.15) is 176 Å². The first-order valence-corrected chi connectivity index (χ1v) is 16.7. The summed E-state index contributed by atoms with van der Waals surface area (Å²) in [4.78, 5) is 23.7. The van der Waals surface area contributed by atoms with Gasteiger partial charge in [-0.05, 0) is 56.3 Å². The van der Waals surface area contributed by atoms with Crippen molar-refractivity contribution in [2.24, 2.45) is 17.8 Å². The van der Waals surface area contributed by atoms with E-state index in [1.54, 1.807) is 0 Å². The van der Waals surface area contributed by atoms with Crippen molar-refractivity contribution in [3.8, 4) is 0 Å². The molecule has 38 heavy (non-hydrogen) atoms. The van der Waals surface area contributed by atoms with E-state index in [1.807, 2.05) is 0 Å². The SMILES string of the molecule is CCC(CCCCCCCCCCCCCCCC(=O)OCCCC(C)C)CCC(=O)OCCCC(C)C. The van der Waals surface area contributed by atoms with E-state index in [1.165, 1.54) is 83.5 Å². The predicted octanol–water partition coefficient (Wildman–Crippen LogP) is 10.6. The zero-order chi connectivity index (χ0) is 28.3. The second kappa shape index (κ2) is 27.5. The number of hydrogen-bond acceptors (Lipinski definition) is 4. The summed E-state index contributed by atoms with van der Waals surface area (Å²) in [6.45, 7) is 12.3. The lowest BCUT2D eigenvalue weighted by molar-refractivity contribution is -0.145. The highest BCUT2D eigenvalue weighted by Crippen LogP contribution is 2.21. The Hall–Kier alpha value is -1.06. The third-order valence-electron chi connectivity index (χ3n) is 7.71. The summed E-state index contributed by atoms with van der Waals surface area (Å²) < 4.78 is 10.7. The second-order valence-electron chi connectivity index (χ2n) is 12.5. The molecule has 4 nitrogen and oxygen atoms in total. The molecule has 226 valence electrons. The molecule has 0 radical (unpaired) electrons. The highest BCUT2D eigenvalue weighted by molar-refractivity contribution is 5.69. The molecule has 0 spiro atoms. The van der Waals surface area contributed by atoms with Crippen LogP contribution in [0.2, 0.25) is 0 Å². The standard InChI is InChI=1S/C34H66O4/c1-6-32(26-27-34(36)38-29-21-23-31(4)5)24-18-16-14-12-10-8-7-9-11-13-15-17-19-25-33(35)37-28-20-22-30(2)3/h30-32H,6-29H2,1-5H3. The monoisotopic (exact) mass is 538 g/mol. The van der Waals surface area contributed by atoms with Gasteiger partial charge in [0.2, 0.25) is 0 Å². The molecule has 0 aromatic rings. The van der Waals surface area contributed by atoms with Gasteiger partial charge in [0.1, 0.15) is 0 Å². The summed E-state index contributed by atoms with van der Waals surface area (Å²) in [6, 6.07) is 0. The zero-order valence-electron chi connectivity index (χ0n) is 26.3. The lowest BCUT2D eigenvalue weighted by Gasteiger charge is -2.14. The molecule has 0 N–H and O–H groups in total. The number of unbranched alkanes of at least 4 members (excludes halogenated alkanes) is 12. The Balaban J connectivity index is 3.39. The van der Waals surface area contributed by atoms with Gasteiger partial charge < -0.3 is 9.47 Å². The van der Waals surface area contributed by atoms with Crippen LogP contribution in [-0.4, -0.2) is 25.2 Å². The van der Waals surface area contributed by atoms with Gasteiger partial charge in [-0.1, -0.05) is 125 Å². The summed E-state index contributed by atoms with van der Waals surface area (Å²) in [5.74, 6) is 2.02. The molecule has 1 atom stereocenters. The van der Waals surface area contributed by atoms with Crippen LogP contribution < -0.4 is 0 Å². The number of ether oxygens (including phenoxy) is 2. The topological polar surface area (TPSA) is 52.6 Å². The minimum absolute atomic E-state index is 0.00273. The zero-order valence-corrected chi connectivity index (χ0v) is 26.3. The molecule has 4 heteroatoms.